The summed E-state index contributed by atoms with van der Waals surface area (Å²) in [5.74, 6) is -0.0695. The van der Waals surface area contributed by atoms with Crippen LogP contribution in [0.15, 0.2) is 64.8 Å². The van der Waals surface area contributed by atoms with Gasteiger partial charge < -0.3 is 22.1 Å². The Morgan fingerprint density at radius 1 is 0.870 bits per heavy atom. The summed E-state index contributed by atoms with van der Waals surface area (Å²) in [4.78, 5) is 0. The molecule has 0 aliphatic carbocycles. The lowest BCUT2D eigenvalue weighted by atomic mass is 10.1. The average molecular weight is 326 g/mol. The summed E-state index contributed by atoms with van der Waals surface area (Å²) in [5, 5.41) is 14.3. The molecule has 0 atom stereocenters. The molecular weight excluding hydrogens is 308 g/mol. The molecule has 118 valence electrons. The SMILES string of the molecule is C/C(=N/N=C(N)N)c1ccc(NC(=S)Nc2ccccc2)cc1. The molecule has 0 heterocycles. The number of para-hydroxylation sites is 1. The van der Waals surface area contributed by atoms with Gasteiger partial charge in [0.2, 0.25) is 5.96 Å². The summed E-state index contributed by atoms with van der Waals surface area (Å²) in [6.45, 7) is 1.83. The van der Waals surface area contributed by atoms with E-state index in [4.69, 9.17) is 23.7 Å². The summed E-state index contributed by atoms with van der Waals surface area (Å²) in [5.41, 5.74) is 13.9. The van der Waals surface area contributed by atoms with Gasteiger partial charge in [0.05, 0.1) is 5.71 Å². The van der Waals surface area contributed by atoms with Gasteiger partial charge in [-0.1, -0.05) is 30.3 Å². The molecule has 0 aromatic heterocycles. The first kappa shape index (κ1) is 16.4. The predicted octanol–water partition coefficient (Wildman–Crippen LogP) is 2.49. The van der Waals surface area contributed by atoms with Crippen LogP contribution in [0.25, 0.3) is 0 Å². The summed E-state index contributed by atoms with van der Waals surface area (Å²) in [7, 11) is 0. The Balaban J connectivity index is 1.98. The van der Waals surface area contributed by atoms with Crippen molar-refractivity contribution in [3.05, 3.63) is 60.2 Å². The number of rotatable bonds is 4. The van der Waals surface area contributed by atoms with E-state index in [1.807, 2.05) is 61.5 Å². The first-order chi connectivity index (χ1) is 11.0. The molecule has 0 spiro atoms. The number of nitrogens with zero attached hydrogens (tertiary/aromatic N) is 2. The highest BCUT2D eigenvalue weighted by Crippen LogP contribution is 2.12. The molecular formula is C16H18N6S. The minimum absolute atomic E-state index is 0.0695. The Morgan fingerprint density at radius 3 is 2.00 bits per heavy atom. The molecule has 0 aliphatic rings. The maximum Gasteiger partial charge on any atom is 0.211 e. The molecule has 23 heavy (non-hydrogen) atoms. The molecule has 0 amide bonds. The van der Waals surface area contributed by atoms with Crippen molar-refractivity contribution in [3.63, 3.8) is 0 Å². The number of thiocarbonyl (C=S) groups is 1. The van der Waals surface area contributed by atoms with Gasteiger partial charge in [-0.05, 0) is 49.0 Å². The van der Waals surface area contributed by atoms with Gasteiger partial charge in [0.25, 0.3) is 0 Å². The lowest BCUT2D eigenvalue weighted by Crippen LogP contribution is -2.22. The summed E-state index contributed by atoms with van der Waals surface area (Å²) < 4.78 is 0. The zero-order valence-corrected chi connectivity index (χ0v) is 13.5. The molecule has 0 aliphatic heterocycles. The summed E-state index contributed by atoms with van der Waals surface area (Å²) >= 11 is 5.28. The van der Waals surface area contributed by atoms with Crippen molar-refractivity contribution in [1.29, 1.82) is 0 Å². The van der Waals surface area contributed by atoms with E-state index in [-0.39, 0.29) is 5.96 Å². The van der Waals surface area contributed by atoms with Crippen molar-refractivity contribution in [2.45, 2.75) is 6.92 Å². The van der Waals surface area contributed by atoms with Crippen LogP contribution >= 0.6 is 12.2 Å². The van der Waals surface area contributed by atoms with Gasteiger partial charge in [0.15, 0.2) is 5.11 Å². The Labute approximate surface area is 140 Å². The van der Waals surface area contributed by atoms with E-state index in [1.54, 1.807) is 0 Å². The topological polar surface area (TPSA) is 101 Å². The van der Waals surface area contributed by atoms with Gasteiger partial charge in [0, 0.05) is 11.4 Å². The van der Waals surface area contributed by atoms with Gasteiger partial charge in [-0.2, -0.15) is 5.10 Å². The second kappa shape index (κ2) is 7.90. The molecule has 0 fully saturated rings. The number of benzene rings is 2. The fourth-order valence-corrected chi connectivity index (χ4v) is 2.04. The molecule has 6 N–H and O–H groups in total. The van der Waals surface area contributed by atoms with E-state index >= 15 is 0 Å². The quantitative estimate of drug-likeness (QED) is 0.299. The minimum Gasteiger partial charge on any atom is -0.369 e. The van der Waals surface area contributed by atoms with E-state index in [9.17, 15) is 0 Å². The Bertz CT molecular complexity index is 718. The van der Waals surface area contributed by atoms with Crippen LogP contribution in [0, 0.1) is 0 Å². The fourth-order valence-electron chi connectivity index (χ4n) is 1.80. The molecule has 0 bridgehead atoms. The number of guanidine groups is 1. The monoisotopic (exact) mass is 326 g/mol. The number of anilines is 2. The summed E-state index contributed by atoms with van der Waals surface area (Å²) in [6.07, 6.45) is 0. The predicted molar refractivity (Wildman–Crippen MR) is 101 cm³/mol. The van der Waals surface area contributed by atoms with Gasteiger partial charge in [-0.3, -0.25) is 0 Å². The third-order valence-electron chi connectivity index (χ3n) is 2.91. The van der Waals surface area contributed by atoms with Crippen LogP contribution < -0.4 is 22.1 Å². The van der Waals surface area contributed by atoms with E-state index in [0.717, 1.165) is 22.6 Å². The largest absolute Gasteiger partial charge is 0.369 e. The second-order valence-corrected chi connectivity index (χ2v) is 5.14. The molecule has 2 rings (SSSR count). The fraction of sp³-hybridized carbons (Fsp3) is 0.0625. The summed E-state index contributed by atoms with van der Waals surface area (Å²) in [6, 6.07) is 17.4. The third kappa shape index (κ3) is 5.40. The highest BCUT2D eigenvalue weighted by molar-refractivity contribution is 7.80. The minimum atomic E-state index is -0.0695. The lowest BCUT2D eigenvalue weighted by Gasteiger charge is -2.10. The third-order valence-corrected chi connectivity index (χ3v) is 3.11. The van der Waals surface area contributed by atoms with Crippen molar-refractivity contribution >= 4 is 40.4 Å². The maximum atomic E-state index is 5.28. The van der Waals surface area contributed by atoms with Gasteiger partial charge in [-0.25, -0.2) is 0 Å². The molecule has 7 heteroatoms. The number of nitrogens with one attached hydrogen (secondary N) is 2. The van der Waals surface area contributed by atoms with E-state index < -0.39 is 0 Å². The Hall–Kier alpha value is -2.93. The average Bonchev–Trinajstić information content (AvgIpc) is 2.54. The lowest BCUT2D eigenvalue weighted by molar-refractivity contribution is 1.20. The van der Waals surface area contributed by atoms with Gasteiger partial charge in [0.1, 0.15) is 0 Å². The highest BCUT2D eigenvalue weighted by atomic mass is 32.1. The van der Waals surface area contributed by atoms with Crippen LogP contribution in [-0.4, -0.2) is 16.8 Å². The molecule has 0 radical (unpaired) electrons. The van der Waals surface area contributed by atoms with Gasteiger partial charge >= 0.3 is 0 Å². The van der Waals surface area contributed by atoms with Crippen molar-refractivity contribution in [2.24, 2.45) is 21.7 Å². The zero-order chi connectivity index (χ0) is 16.7. The van der Waals surface area contributed by atoms with Crippen LogP contribution in [0.1, 0.15) is 12.5 Å². The molecule has 2 aromatic carbocycles. The molecule has 6 nitrogen and oxygen atoms in total. The molecule has 0 unspecified atom stereocenters. The number of hydrogen-bond acceptors (Lipinski definition) is 3. The van der Waals surface area contributed by atoms with Crippen molar-refractivity contribution < 1.29 is 0 Å². The van der Waals surface area contributed by atoms with Crippen LogP contribution in [0.2, 0.25) is 0 Å². The first-order valence-corrected chi connectivity index (χ1v) is 7.32. The van der Waals surface area contributed by atoms with Crippen molar-refractivity contribution in [2.75, 3.05) is 10.6 Å². The van der Waals surface area contributed by atoms with Crippen LogP contribution in [0.4, 0.5) is 11.4 Å². The number of nitrogens with two attached hydrogens (primary N) is 2. The van der Waals surface area contributed by atoms with Crippen molar-refractivity contribution in [1.82, 2.24) is 0 Å². The number of hydrogen-bond donors (Lipinski definition) is 4. The second-order valence-electron chi connectivity index (χ2n) is 4.73. The Morgan fingerprint density at radius 2 is 1.43 bits per heavy atom. The van der Waals surface area contributed by atoms with Crippen molar-refractivity contribution in [3.8, 4) is 0 Å². The van der Waals surface area contributed by atoms with Gasteiger partial charge in [-0.15, -0.1) is 5.10 Å². The highest BCUT2D eigenvalue weighted by Gasteiger charge is 2.01. The normalized spacial score (nSPS) is 10.7. The maximum absolute atomic E-state index is 5.28. The van der Waals surface area contributed by atoms with E-state index in [2.05, 4.69) is 20.8 Å². The standard InChI is InChI=1S/C16H18N6S/c1-11(21-22-15(17)18)12-7-9-14(10-8-12)20-16(23)19-13-5-3-2-4-6-13/h2-10H,1H3,(H4,17,18,22)(H2,19,20,23)/b21-11-. The molecule has 2 aromatic rings. The molecule has 0 saturated heterocycles. The smallest absolute Gasteiger partial charge is 0.211 e. The van der Waals surface area contributed by atoms with E-state index in [0.29, 0.717) is 5.11 Å². The first-order valence-electron chi connectivity index (χ1n) is 6.91. The molecule has 0 saturated carbocycles. The van der Waals surface area contributed by atoms with Crippen LogP contribution in [0.5, 0.6) is 0 Å². The van der Waals surface area contributed by atoms with Crippen LogP contribution in [0.3, 0.4) is 0 Å². The Kier molecular flexibility index (Phi) is 5.65. The zero-order valence-electron chi connectivity index (χ0n) is 12.7. The van der Waals surface area contributed by atoms with E-state index in [1.165, 1.54) is 0 Å². The van der Waals surface area contributed by atoms with Crippen LogP contribution in [-0.2, 0) is 0 Å².